The lowest BCUT2D eigenvalue weighted by Crippen LogP contribution is -2.55. The Hall–Kier alpha value is -1.50. The average Bonchev–Trinajstić information content (AvgIpc) is 3.03. The van der Waals surface area contributed by atoms with Crippen LogP contribution in [-0.2, 0) is 14.1 Å². The Bertz CT molecular complexity index is 819. The first-order chi connectivity index (χ1) is 13.4. The van der Waals surface area contributed by atoms with Gasteiger partial charge in [-0.25, -0.2) is 0 Å². The van der Waals surface area contributed by atoms with Crippen LogP contribution < -0.4 is 0 Å². The van der Waals surface area contributed by atoms with E-state index in [1.807, 2.05) is 52.8 Å². The molecular weight excluding hydrogens is 367 g/mol. The number of hydrogen-bond acceptors (Lipinski definition) is 5. The van der Waals surface area contributed by atoms with E-state index in [0.717, 1.165) is 0 Å². The van der Waals surface area contributed by atoms with Gasteiger partial charge in [-0.1, -0.05) is 30.3 Å². The fourth-order valence-corrected chi connectivity index (χ4v) is 5.55. The molecule has 1 aromatic carbocycles. The van der Waals surface area contributed by atoms with Crippen molar-refractivity contribution in [3.63, 3.8) is 0 Å². The smallest absolute Gasteiger partial charge is 0.403 e. The fraction of sp³-hybridized carbons (Fsp3) is 0.652. The van der Waals surface area contributed by atoms with E-state index in [0.29, 0.717) is 31.2 Å². The van der Waals surface area contributed by atoms with Crippen LogP contribution in [0.1, 0.15) is 70.7 Å². The number of aliphatic hydroxyl groups is 1. The minimum absolute atomic E-state index is 0.0381. The highest BCUT2D eigenvalue weighted by Gasteiger charge is 2.71. The Morgan fingerprint density at radius 2 is 1.66 bits per heavy atom. The van der Waals surface area contributed by atoms with E-state index in [4.69, 9.17) is 9.31 Å². The summed E-state index contributed by atoms with van der Waals surface area (Å²) in [6, 6.07) is 9.04. The number of hydrogen-bond donors (Lipinski definition) is 1. The zero-order valence-electron chi connectivity index (χ0n) is 18.0. The van der Waals surface area contributed by atoms with Crippen LogP contribution in [0.3, 0.4) is 0 Å². The van der Waals surface area contributed by atoms with Gasteiger partial charge in [0.2, 0.25) is 0 Å². The highest BCUT2D eigenvalue weighted by Crippen LogP contribution is 2.63. The molecule has 1 aromatic rings. The predicted octanol–water partition coefficient (Wildman–Crippen LogP) is 3.84. The largest absolute Gasteiger partial charge is 0.462 e. The molecule has 156 valence electrons. The van der Waals surface area contributed by atoms with E-state index in [2.05, 4.69) is 0 Å². The summed E-state index contributed by atoms with van der Waals surface area (Å²) < 4.78 is 12.6. The molecule has 0 aromatic heterocycles. The van der Waals surface area contributed by atoms with Crippen LogP contribution in [0.5, 0.6) is 0 Å². The maximum atomic E-state index is 13.7. The van der Waals surface area contributed by atoms with Gasteiger partial charge in [0, 0.05) is 17.8 Å². The fourth-order valence-electron chi connectivity index (χ4n) is 5.55. The lowest BCUT2D eigenvalue weighted by molar-refractivity contribution is -0.152. The number of fused-ring (bicyclic) bond motifs is 1. The van der Waals surface area contributed by atoms with Crippen molar-refractivity contribution in [1.82, 2.24) is 0 Å². The maximum absolute atomic E-state index is 13.7. The first-order valence-electron chi connectivity index (χ1n) is 10.6. The van der Waals surface area contributed by atoms with Crippen LogP contribution in [0.2, 0.25) is 5.82 Å². The highest BCUT2D eigenvalue weighted by atomic mass is 16.7. The molecule has 4 rings (SSSR count). The van der Waals surface area contributed by atoms with Crippen molar-refractivity contribution < 1.29 is 24.0 Å². The number of rotatable bonds is 3. The van der Waals surface area contributed by atoms with Crippen LogP contribution in [0.15, 0.2) is 30.3 Å². The maximum Gasteiger partial charge on any atom is 0.462 e. The van der Waals surface area contributed by atoms with E-state index in [1.165, 1.54) is 0 Å². The van der Waals surface area contributed by atoms with Gasteiger partial charge in [-0.3, -0.25) is 9.59 Å². The summed E-state index contributed by atoms with van der Waals surface area (Å²) in [5.41, 5.74) is -2.88. The minimum atomic E-state index is -1.39. The van der Waals surface area contributed by atoms with Gasteiger partial charge in [-0.15, -0.1) is 0 Å². The van der Waals surface area contributed by atoms with Crippen molar-refractivity contribution in [2.75, 3.05) is 0 Å². The molecule has 0 unspecified atom stereocenters. The van der Waals surface area contributed by atoms with Crippen molar-refractivity contribution in [2.24, 2.45) is 11.3 Å². The van der Waals surface area contributed by atoms with Gasteiger partial charge in [0.1, 0.15) is 5.78 Å². The summed E-state index contributed by atoms with van der Waals surface area (Å²) in [5.74, 6) is -1.22. The second kappa shape index (κ2) is 6.50. The summed E-state index contributed by atoms with van der Waals surface area (Å²) in [6.45, 7) is 9.73. The second-order valence-corrected chi connectivity index (χ2v) is 10.2. The van der Waals surface area contributed by atoms with Crippen molar-refractivity contribution in [3.05, 3.63) is 35.9 Å². The molecule has 3 fully saturated rings. The van der Waals surface area contributed by atoms with Crippen molar-refractivity contribution >= 4 is 18.7 Å². The third kappa shape index (κ3) is 2.87. The van der Waals surface area contributed by atoms with Crippen molar-refractivity contribution in [3.8, 4) is 0 Å². The first-order valence-corrected chi connectivity index (χ1v) is 10.6. The normalized spacial score (nSPS) is 38.1. The Balaban J connectivity index is 1.79. The Kier molecular flexibility index (Phi) is 4.65. The Morgan fingerprint density at radius 3 is 2.24 bits per heavy atom. The summed E-state index contributed by atoms with van der Waals surface area (Å²) in [7, 11) is -0.642. The van der Waals surface area contributed by atoms with Gasteiger partial charge in [0.05, 0.1) is 28.1 Å². The molecular formula is C23H31BO5. The molecule has 1 aliphatic heterocycles. The number of ketones is 2. The SMILES string of the molecule is CC1(C)OB([C@@H]2C[C@]3(C)C(=O)CCC[C@]3(O)[C@H]2C(=O)c2ccccc2)OC1(C)C. The molecule has 1 heterocycles. The number of benzene rings is 1. The second-order valence-electron chi connectivity index (χ2n) is 10.2. The molecule has 0 spiro atoms. The summed E-state index contributed by atoms with van der Waals surface area (Å²) >= 11 is 0. The monoisotopic (exact) mass is 398 g/mol. The van der Waals surface area contributed by atoms with Crippen LogP contribution in [0.25, 0.3) is 0 Å². The number of carbonyl (C=O) groups is 2. The Labute approximate surface area is 173 Å². The molecule has 29 heavy (non-hydrogen) atoms. The standard InChI is InChI=1S/C23H31BO5/c1-20(2)21(3,4)29-24(28-20)16-14-22(5)17(25)12-9-13-23(22,27)18(16)19(26)15-10-7-6-8-11-15/h6-8,10-11,16,18,27H,9,12-14H2,1-5H3/t16-,18-,22-,23+/m1/s1. The molecule has 0 radical (unpaired) electrons. The van der Waals surface area contributed by atoms with E-state index >= 15 is 0 Å². The third-order valence-electron chi connectivity index (χ3n) is 8.08. The molecule has 0 amide bonds. The zero-order valence-corrected chi connectivity index (χ0v) is 18.0. The van der Waals surface area contributed by atoms with Gasteiger partial charge < -0.3 is 14.4 Å². The first kappa shape index (κ1) is 20.8. The molecule has 1 saturated heterocycles. The predicted molar refractivity (Wildman–Crippen MR) is 111 cm³/mol. The van der Waals surface area contributed by atoms with Crippen molar-refractivity contribution in [2.45, 2.75) is 82.9 Å². The topological polar surface area (TPSA) is 72.8 Å². The quantitative estimate of drug-likeness (QED) is 0.619. The van der Waals surface area contributed by atoms with Crippen LogP contribution in [0, 0.1) is 11.3 Å². The molecule has 2 saturated carbocycles. The molecule has 1 N–H and O–H groups in total. The van der Waals surface area contributed by atoms with Gasteiger partial charge in [-0.05, 0) is 53.9 Å². The lowest BCUT2D eigenvalue weighted by atomic mass is 9.60. The van der Waals surface area contributed by atoms with Gasteiger partial charge >= 0.3 is 7.12 Å². The van der Waals surface area contributed by atoms with Gasteiger partial charge in [0.15, 0.2) is 5.78 Å². The number of Topliss-reactive ketones (excluding diaryl/α,β-unsaturated/α-hetero) is 2. The van der Waals surface area contributed by atoms with E-state index in [1.54, 1.807) is 12.1 Å². The molecule has 2 aliphatic carbocycles. The summed E-state index contributed by atoms with van der Waals surface area (Å²) in [4.78, 5) is 26.6. The zero-order chi connectivity index (χ0) is 21.2. The van der Waals surface area contributed by atoms with Crippen LogP contribution in [0.4, 0.5) is 0 Å². The van der Waals surface area contributed by atoms with Crippen LogP contribution >= 0.6 is 0 Å². The molecule has 4 atom stereocenters. The third-order valence-corrected chi connectivity index (χ3v) is 8.08. The molecule has 5 nitrogen and oxygen atoms in total. The molecule has 0 bridgehead atoms. The number of carbonyl (C=O) groups excluding carboxylic acids is 2. The lowest BCUT2D eigenvalue weighted by Gasteiger charge is -2.45. The molecule has 3 aliphatic rings. The van der Waals surface area contributed by atoms with Gasteiger partial charge in [0.25, 0.3) is 0 Å². The van der Waals surface area contributed by atoms with Gasteiger partial charge in [-0.2, -0.15) is 0 Å². The minimum Gasteiger partial charge on any atom is -0.403 e. The highest BCUT2D eigenvalue weighted by molar-refractivity contribution is 6.48. The summed E-state index contributed by atoms with van der Waals surface area (Å²) in [5, 5.41) is 11.9. The van der Waals surface area contributed by atoms with E-state index in [-0.39, 0.29) is 17.4 Å². The van der Waals surface area contributed by atoms with Crippen LogP contribution in [-0.4, -0.2) is 40.6 Å². The van der Waals surface area contributed by atoms with E-state index < -0.39 is 35.3 Å². The van der Waals surface area contributed by atoms with Crippen molar-refractivity contribution in [1.29, 1.82) is 0 Å². The molecule has 6 heteroatoms. The summed E-state index contributed by atoms with van der Waals surface area (Å²) in [6.07, 6.45) is 1.87. The average molecular weight is 398 g/mol. The Morgan fingerprint density at radius 1 is 1.07 bits per heavy atom. The van der Waals surface area contributed by atoms with E-state index in [9.17, 15) is 14.7 Å².